The first-order valence-electron chi connectivity index (χ1n) is 6.53. The summed E-state index contributed by atoms with van der Waals surface area (Å²) in [6, 6.07) is 4.78. The Balaban J connectivity index is 2.13. The fraction of sp³-hybridized carbons (Fsp3) is 0.333. The molecule has 5 heteroatoms. The second kappa shape index (κ2) is 6.43. The number of rotatable bonds is 5. The second-order valence-electron chi connectivity index (χ2n) is 4.90. The summed E-state index contributed by atoms with van der Waals surface area (Å²) in [5.41, 5.74) is 1.63. The van der Waals surface area contributed by atoms with Crippen LogP contribution in [0.5, 0.6) is 11.6 Å². The van der Waals surface area contributed by atoms with Crippen LogP contribution in [-0.4, -0.2) is 16.0 Å². The molecule has 0 aliphatic heterocycles. The number of nitrogens with zero attached hydrogens (tertiary/aromatic N) is 2. The summed E-state index contributed by atoms with van der Waals surface area (Å²) in [5, 5.41) is 3.26. The van der Waals surface area contributed by atoms with Crippen LogP contribution in [0.2, 0.25) is 0 Å². The Morgan fingerprint density at radius 2 is 2.10 bits per heavy atom. The lowest BCUT2D eigenvalue weighted by atomic mass is 10.2. The van der Waals surface area contributed by atoms with Crippen LogP contribution in [0, 0.1) is 12.7 Å². The molecule has 0 fully saturated rings. The van der Waals surface area contributed by atoms with E-state index in [1.807, 2.05) is 6.92 Å². The number of aromatic nitrogens is 2. The Morgan fingerprint density at radius 1 is 1.30 bits per heavy atom. The fourth-order valence-electron chi connectivity index (χ4n) is 1.63. The number of hydrogen-bond donors (Lipinski definition) is 1. The van der Waals surface area contributed by atoms with Crippen LogP contribution < -0.4 is 10.1 Å². The van der Waals surface area contributed by atoms with Gasteiger partial charge in [-0.15, -0.1) is 0 Å². The maximum absolute atomic E-state index is 13.2. The zero-order chi connectivity index (χ0) is 14.5. The van der Waals surface area contributed by atoms with Gasteiger partial charge in [-0.2, -0.15) is 0 Å². The molecule has 1 N–H and O–H groups in total. The maximum atomic E-state index is 13.2. The van der Waals surface area contributed by atoms with Crippen LogP contribution in [0.1, 0.15) is 25.1 Å². The standard InChI is InChI=1S/C15H18FN3O/c1-10(2)18-8-13-7-17-9-15(19-13)20-14-6-12(16)5-4-11(14)3/h4-7,9-10,18H,8H2,1-3H3. The van der Waals surface area contributed by atoms with Crippen LogP contribution >= 0.6 is 0 Å². The van der Waals surface area contributed by atoms with Gasteiger partial charge in [-0.25, -0.2) is 9.37 Å². The SMILES string of the molecule is Cc1ccc(F)cc1Oc1cncc(CNC(C)C)n1. The van der Waals surface area contributed by atoms with Crippen molar-refractivity contribution >= 4 is 0 Å². The molecule has 2 rings (SSSR count). The van der Waals surface area contributed by atoms with E-state index < -0.39 is 0 Å². The van der Waals surface area contributed by atoms with Gasteiger partial charge in [0.1, 0.15) is 11.6 Å². The van der Waals surface area contributed by atoms with Gasteiger partial charge in [0.25, 0.3) is 0 Å². The zero-order valence-electron chi connectivity index (χ0n) is 11.9. The highest BCUT2D eigenvalue weighted by Gasteiger charge is 2.06. The van der Waals surface area contributed by atoms with Crippen LogP contribution in [0.15, 0.2) is 30.6 Å². The Morgan fingerprint density at radius 3 is 2.85 bits per heavy atom. The first kappa shape index (κ1) is 14.4. The number of ether oxygens (including phenoxy) is 1. The minimum absolute atomic E-state index is 0.337. The molecule has 0 amide bonds. The summed E-state index contributed by atoms with van der Waals surface area (Å²) < 4.78 is 18.8. The third-order valence-electron chi connectivity index (χ3n) is 2.72. The molecule has 0 bridgehead atoms. The lowest BCUT2D eigenvalue weighted by Crippen LogP contribution is -2.22. The summed E-state index contributed by atoms with van der Waals surface area (Å²) in [6.07, 6.45) is 3.20. The number of nitrogens with one attached hydrogen (secondary N) is 1. The zero-order valence-corrected chi connectivity index (χ0v) is 11.9. The molecule has 106 valence electrons. The van der Waals surface area contributed by atoms with Gasteiger partial charge < -0.3 is 10.1 Å². The molecule has 0 aliphatic carbocycles. The predicted molar refractivity (Wildman–Crippen MR) is 75.2 cm³/mol. The Hall–Kier alpha value is -2.01. The number of benzene rings is 1. The first-order valence-corrected chi connectivity index (χ1v) is 6.53. The monoisotopic (exact) mass is 275 g/mol. The molecule has 0 aliphatic rings. The quantitative estimate of drug-likeness (QED) is 0.910. The highest BCUT2D eigenvalue weighted by Crippen LogP contribution is 2.24. The first-order chi connectivity index (χ1) is 9.54. The molecule has 1 heterocycles. The topological polar surface area (TPSA) is 47.0 Å². The van der Waals surface area contributed by atoms with Crippen molar-refractivity contribution in [3.05, 3.63) is 47.7 Å². The van der Waals surface area contributed by atoms with Crippen LogP contribution in [-0.2, 0) is 6.54 Å². The van der Waals surface area contributed by atoms with Crippen molar-refractivity contribution in [1.82, 2.24) is 15.3 Å². The van der Waals surface area contributed by atoms with Gasteiger partial charge in [0.2, 0.25) is 5.88 Å². The van der Waals surface area contributed by atoms with Crippen molar-refractivity contribution in [3.63, 3.8) is 0 Å². The molecule has 2 aromatic rings. The summed E-state index contributed by atoms with van der Waals surface area (Å²) >= 11 is 0. The molecule has 0 saturated carbocycles. The van der Waals surface area contributed by atoms with Gasteiger partial charge >= 0.3 is 0 Å². The van der Waals surface area contributed by atoms with E-state index in [0.717, 1.165) is 11.3 Å². The molecule has 0 saturated heterocycles. The maximum Gasteiger partial charge on any atom is 0.238 e. The fourth-order valence-corrected chi connectivity index (χ4v) is 1.63. The summed E-state index contributed by atoms with van der Waals surface area (Å²) in [6.45, 7) is 6.59. The molecule has 20 heavy (non-hydrogen) atoms. The highest BCUT2D eigenvalue weighted by molar-refractivity contribution is 5.35. The molecule has 4 nitrogen and oxygen atoms in total. The van der Waals surface area contributed by atoms with E-state index >= 15 is 0 Å². The molecular formula is C15H18FN3O. The summed E-state index contributed by atoms with van der Waals surface area (Å²) in [4.78, 5) is 8.43. The van der Waals surface area contributed by atoms with E-state index in [9.17, 15) is 4.39 Å². The second-order valence-corrected chi connectivity index (χ2v) is 4.90. The van der Waals surface area contributed by atoms with Crippen molar-refractivity contribution in [2.75, 3.05) is 0 Å². The van der Waals surface area contributed by atoms with Crippen molar-refractivity contribution in [1.29, 1.82) is 0 Å². The Kier molecular flexibility index (Phi) is 4.63. The average molecular weight is 275 g/mol. The Labute approximate surface area is 118 Å². The molecule has 0 atom stereocenters. The van der Waals surface area contributed by atoms with Crippen molar-refractivity contribution in [2.24, 2.45) is 0 Å². The van der Waals surface area contributed by atoms with Crippen LogP contribution in [0.4, 0.5) is 4.39 Å². The van der Waals surface area contributed by atoms with Gasteiger partial charge in [-0.1, -0.05) is 19.9 Å². The minimum Gasteiger partial charge on any atom is -0.437 e. The predicted octanol–water partition coefficient (Wildman–Crippen LogP) is 3.21. The van der Waals surface area contributed by atoms with Gasteiger partial charge in [0.15, 0.2) is 0 Å². The van der Waals surface area contributed by atoms with Crippen LogP contribution in [0.25, 0.3) is 0 Å². The average Bonchev–Trinajstić information content (AvgIpc) is 2.41. The Bertz CT molecular complexity index is 587. The molecular weight excluding hydrogens is 257 g/mol. The van der Waals surface area contributed by atoms with Gasteiger partial charge in [-0.05, 0) is 18.6 Å². The molecule has 0 radical (unpaired) electrons. The number of hydrogen-bond acceptors (Lipinski definition) is 4. The smallest absolute Gasteiger partial charge is 0.238 e. The third kappa shape index (κ3) is 3.99. The lowest BCUT2D eigenvalue weighted by molar-refractivity contribution is 0.447. The lowest BCUT2D eigenvalue weighted by Gasteiger charge is -2.10. The van der Waals surface area contributed by atoms with E-state index in [0.29, 0.717) is 24.2 Å². The van der Waals surface area contributed by atoms with Crippen molar-refractivity contribution in [2.45, 2.75) is 33.4 Å². The van der Waals surface area contributed by atoms with Crippen LogP contribution in [0.3, 0.4) is 0 Å². The van der Waals surface area contributed by atoms with Crippen molar-refractivity contribution < 1.29 is 9.13 Å². The van der Waals surface area contributed by atoms with E-state index in [4.69, 9.17) is 4.74 Å². The number of halogens is 1. The van der Waals surface area contributed by atoms with E-state index in [1.54, 1.807) is 12.3 Å². The molecule has 0 spiro atoms. The van der Waals surface area contributed by atoms with E-state index in [1.165, 1.54) is 18.3 Å². The summed E-state index contributed by atoms with van der Waals surface area (Å²) in [5.74, 6) is 0.478. The largest absolute Gasteiger partial charge is 0.437 e. The van der Waals surface area contributed by atoms with Gasteiger partial charge in [-0.3, -0.25) is 4.98 Å². The molecule has 0 unspecified atom stereocenters. The normalized spacial score (nSPS) is 10.8. The minimum atomic E-state index is -0.337. The van der Waals surface area contributed by atoms with Gasteiger partial charge in [0, 0.05) is 24.8 Å². The van der Waals surface area contributed by atoms with Gasteiger partial charge in [0.05, 0.1) is 11.9 Å². The molecule has 1 aromatic heterocycles. The van der Waals surface area contributed by atoms with Crippen molar-refractivity contribution in [3.8, 4) is 11.6 Å². The van der Waals surface area contributed by atoms with E-state index in [-0.39, 0.29) is 5.82 Å². The van der Waals surface area contributed by atoms with E-state index in [2.05, 4.69) is 29.1 Å². The highest BCUT2D eigenvalue weighted by atomic mass is 19.1. The molecule has 1 aromatic carbocycles. The number of aryl methyl sites for hydroxylation is 1. The summed E-state index contributed by atoms with van der Waals surface area (Å²) in [7, 11) is 0. The third-order valence-corrected chi connectivity index (χ3v) is 2.72.